The summed E-state index contributed by atoms with van der Waals surface area (Å²) in [6.45, 7) is 5.89. The topological polar surface area (TPSA) is 70.5 Å². The first-order chi connectivity index (χ1) is 8.47. The maximum absolute atomic E-state index is 12.2. The van der Waals surface area contributed by atoms with Crippen LogP contribution in [0.5, 0.6) is 0 Å². The van der Waals surface area contributed by atoms with E-state index in [9.17, 15) is 9.59 Å². The van der Waals surface area contributed by atoms with Crippen molar-refractivity contribution < 1.29 is 14.7 Å². The fraction of sp³-hybridized carbons (Fsp3) is 0.462. The van der Waals surface area contributed by atoms with E-state index in [1.54, 1.807) is 19.2 Å². The van der Waals surface area contributed by atoms with Gasteiger partial charge < -0.3 is 10.0 Å². The average Bonchev–Trinajstić information content (AvgIpc) is 2.35. The molecule has 1 aromatic rings. The Hall–Kier alpha value is -1.91. The Morgan fingerprint density at radius 2 is 2.17 bits per heavy atom. The zero-order chi connectivity index (χ0) is 13.7. The number of aliphatic carboxylic acids is 1. The number of pyridine rings is 1. The first-order valence-electron chi connectivity index (χ1n) is 5.91. The van der Waals surface area contributed by atoms with Gasteiger partial charge in [-0.3, -0.25) is 14.6 Å². The molecule has 0 aromatic carbocycles. The van der Waals surface area contributed by atoms with E-state index in [-0.39, 0.29) is 12.5 Å². The number of hydrogen-bond acceptors (Lipinski definition) is 3. The Labute approximate surface area is 106 Å². The van der Waals surface area contributed by atoms with E-state index in [1.165, 1.54) is 4.90 Å². The number of carbonyl (C=O) groups excluding carboxylic acids is 1. The van der Waals surface area contributed by atoms with Crippen LogP contribution in [0, 0.1) is 12.8 Å². The SMILES string of the molecule is CCN(CC(C)C(=O)O)C(=O)c1ncccc1C. The standard InChI is InChI=1S/C13H18N2O3/c1-4-15(8-10(3)13(17)18)12(16)11-9(2)6-5-7-14-11/h5-7,10H,4,8H2,1-3H3,(H,17,18). The largest absolute Gasteiger partial charge is 0.481 e. The van der Waals surface area contributed by atoms with Crippen molar-refractivity contribution >= 4 is 11.9 Å². The average molecular weight is 250 g/mol. The lowest BCUT2D eigenvalue weighted by Gasteiger charge is -2.23. The van der Waals surface area contributed by atoms with E-state index >= 15 is 0 Å². The van der Waals surface area contributed by atoms with Crippen molar-refractivity contribution in [2.75, 3.05) is 13.1 Å². The number of rotatable bonds is 5. The van der Waals surface area contributed by atoms with Gasteiger partial charge in [0.15, 0.2) is 0 Å². The first-order valence-corrected chi connectivity index (χ1v) is 5.91. The lowest BCUT2D eigenvalue weighted by molar-refractivity contribution is -0.141. The monoisotopic (exact) mass is 250 g/mol. The molecule has 98 valence electrons. The van der Waals surface area contributed by atoms with Crippen LogP contribution in [-0.4, -0.2) is 40.0 Å². The minimum Gasteiger partial charge on any atom is -0.481 e. The van der Waals surface area contributed by atoms with Gasteiger partial charge in [-0.15, -0.1) is 0 Å². The summed E-state index contributed by atoms with van der Waals surface area (Å²) < 4.78 is 0. The minimum atomic E-state index is -0.904. The van der Waals surface area contributed by atoms with Crippen LogP contribution < -0.4 is 0 Å². The molecule has 5 heteroatoms. The third kappa shape index (κ3) is 3.29. The third-order valence-corrected chi connectivity index (χ3v) is 2.80. The molecule has 5 nitrogen and oxygen atoms in total. The summed E-state index contributed by atoms with van der Waals surface area (Å²) in [5, 5.41) is 8.88. The van der Waals surface area contributed by atoms with Gasteiger partial charge in [-0.1, -0.05) is 13.0 Å². The van der Waals surface area contributed by atoms with E-state index in [2.05, 4.69) is 4.98 Å². The van der Waals surface area contributed by atoms with E-state index < -0.39 is 11.9 Å². The van der Waals surface area contributed by atoms with Crippen LogP contribution in [0.4, 0.5) is 0 Å². The number of carboxylic acid groups (broad SMARTS) is 1. The molecule has 0 saturated carbocycles. The molecule has 0 fully saturated rings. The van der Waals surface area contributed by atoms with Gasteiger partial charge in [0.25, 0.3) is 5.91 Å². The van der Waals surface area contributed by atoms with Gasteiger partial charge in [0, 0.05) is 19.3 Å². The highest BCUT2D eigenvalue weighted by Crippen LogP contribution is 2.09. The van der Waals surface area contributed by atoms with Crippen molar-refractivity contribution in [1.82, 2.24) is 9.88 Å². The summed E-state index contributed by atoms with van der Waals surface area (Å²) >= 11 is 0. The van der Waals surface area contributed by atoms with Gasteiger partial charge in [-0.2, -0.15) is 0 Å². The number of nitrogens with zero attached hydrogens (tertiary/aromatic N) is 2. The van der Waals surface area contributed by atoms with Crippen LogP contribution >= 0.6 is 0 Å². The summed E-state index contributed by atoms with van der Waals surface area (Å²) in [4.78, 5) is 28.6. The number of carbonyl (C=O) groups is 2. The van der Waals surface area contributed by atoms with Gasteiger partial charge in [0.2, 0.25) is 0 Å². The molecule has 1 N–H and O–H groups in total. The van der Waals surface area contributed by atoms with Crippen LogP contribution in [0.3, 0.4) is 0 Å². The molecule has 0 aliphatic heterocycles. The summed E-state index contributed by atoms with van der Waals surface area (Å²) in [7, 11) is 0. The molecule has 18 heavy (non-hydrogen) atoms. The molecule has 1 aromatic heterocycles. The van der Waals surface area contributed by atoms with E-state index in [0.29, 0.717) is 12.2 Å². The second-order valence-corrected chi connectivity index (χ2v) is 4.25. The smallest absolute Gasteiger partial charge is 0.308 e. The fourth-order valence-electron chi connectivity index (χ4n) is 1.62. The molecule has 1 heterocycles. The Bertz CT molecular complexity index is 446. The van der Waals surface area contributed by atoms with Crippen molar-refractivity contribution in [2.45, 2.75) is 20.8 Å². The molecule has 1 unspecified atom stereocenters. The number of amides is 1. The second-order valence-electron chi connectivity index (χ2n) is 4.25. The zero-order valence-corrected chi connectivity index (χ0v) is 10.9. The highest BCUT2D eigenvalue weighted by Gasteiger charge is 2.22. The van der Waals surface area contributed by atoms with Crippen LogP contribution in [0.1, 0.15) is 29.9 Å². The lowest BCUT2D eigenvalue weighted by Crippen LogP contribution is -2.37. The molecular formula is C13H18N2O3. The molecule has 1 atom stereocenters. The number of hydrogen-bond donors (Lipinski definition) is 1. The zero-order valence-electron chi connectivity index (χ0n) is 10.9. The maximum atomic E-state index is 12.2. The Morgan fingerprint density at radius 1 is 1.50 bits per heavy atom. The summed E-state index contributed by atoms with van der Waals surface area (Å²) in [5.74, 6) is -1.71. The predicted octanol–water partition coefficient (Wildman–Crippen LogP) is 1.57. The number of aryl methyl sites for hydroxylation is 1. The first kappa shape index (κ1) is 14.2. The van der Waals surface area contributed by atoms with Gasteiger partial charge in [-0.25, -0.2) is 0 Å². The minimum absolute atomic E-state index is 0.195. The Balaban J connectivity index is 2.86. The lowest BCUT2D eigenvalue weighted by atomic mass is 10.1. The van der Waals surface area contributed by atoms with Crippen LogP contribution in [0.15, 0.2) is 18.3 Å². The molecule has 1 amide bonds. The van der Waals surface area contributed by atoms with Crippen LogP contribution in [-0.2, 0) is 4.79 Å². The van der Waals surface area contributed by atoms with Crippen molar-refractivity contribution in [3.63, 3.8) is 0 Å². The molecule has 0 spiro atoms. The summed E-state index contributed by atoms with van der Waals surface area (Å²) in [5.41, 5.74) is 1.18. The summed E-state index contributed by atoms with van der Waals surface area (Å²) in [6, 6.07) is 3.58. The molecule has 0 saturated heterocycles. The van der Waals surface area contributed by atoms with Crippen molar-refractivity contribution in [1.29, 1.82) is 0 Å². The predicted molar refractivity (Wildman–Crippen MR) is 67.4 cm³/mol. The molecular weight excluding hydrogens is 232 g/mol. The quantitative estimate of drug-likeness (QED) is 0.861. The molecule has 0 radical (unpaired) electrons. The molecule has 0 aliphatic carbocycles. The highest BCUT2D eigenvalue weighted by atomic mass is 16.4. The van der Waals surface area contributed by atoms with Crippen LogP contribution in [0.2, 0.25) is 0 Å². The van der Waals surface area contributed by atoms with Gasteiger partial charge in [0.1, 0.15) is 5.69 Å². The fourth-order valence-corrected chi connectivity index (χ4v) is 1.62. The normalized spacial score (nSPS) is 11.9. The number of aromatic nitrogens is 1. The van der Waals surface area contributed by atoms with Gasteiger partial charge >= 0.3 is 5.97 Å². The van der Waals surface area contributed by atoms with Crippen molar-refractivity contribution in [2.24, 2.45) is 5.92 Å². The summed E-state index contributed by atoms with van der Waals surface area (Å²) in [6.07, 6.45) is 1.56. The van der Waals surface area contributed by atoms with Crippen molar-refractivity contribution in [3.8, 4) is 0 Å². The van der Waals surface area contributed by atoms with E-state index in [4.69, 9.17) is 5.11 Å². The van der Waals surface area contributed by atoms with Crippen molar-refractivity contribution in [3.05, 3.63) is 29.6 Å². The molecule has 1 rings (SSSR count). The van der Waals surface area contributed by atoms with E-state index in [1.807, 2.05) is 19.9 Å². The van der Waals surface area contributed by atoms with Crippen LogP contribution in [0.25, 0.3) is 0 Å². The van der Waals surface area contributed by atoms with Gasteiger partial charge in [-0.05, 0) is 25.5 Å². The Kier molecular flexibility index (Phi) is 4.83. The maximum Gasteiger partial charge on any atom is 0.308 e. The highest BCUT2D eigenvalue weighted by molar-refractivity contribution is 5.93. The third-order valence-electron chi connectivity index (χ3n) is 2.80. The van der Waals surface area contributed by atoms with E-state index in [0.717, 1.165) is 5.56 Å². The molecule has 0 aliphatic rings. The number of carboxylic acids is 1. The Morgan fingerprint density at radius 3 is 2.67 bits per heavy atom. The molecule has 0 bridgehead atoms. The van der Waals surface area contributed by atoms with Gasteiger partial charge in [0.05, 0.1) is 5.92 Å². The second kappa shape index (κ2) is 6.14.